The number of fused-ring (bicyclic) bond motifs is 1. The highest BCUT2D eigenvalue weighted by molar-refractivity contribution is 7.98. The van der Waals surface area contributed by atoms with E-state index in [9.17, 15) is 27.2 Å². The fraction of sp³-hybridized carbons (Fsp3) is 0.242. The van der Waals surface area contributed by atoms with Crippen molar-refractivity contribution in [2.45, 2.75) is 56.4 Å². The molecule has 0 atom stereocenters. The molecule has 1 aliphatic rings. The SMILES string of the molecule is CC(=O)c1nnc(Cn2c(SCc3ccc(F)cc3)nc(=O)c3c2CCC3)n1Cc1ccc(-c2ccc(C(F)(F)F)cc2)cc1. The van der Waals surface area contributed by atoms with E-state index in [0.29, 0.717) is 40.7 Å². The number of ketones is 1. The summed E-state index contributed by atoms with van der Waals surface area (Å²) in [6.45, 7) is 1.92. The monoisotopic (exact) mass is 633 g/mol. The molecule has 0 saturated heterocycles. The number of rotatable bonds is 9. The van der Waals surface area contributed by atoms with Crippen molar-refractivity contribution in [2.75, 3.05) is 0 Å². The van der Waals surface area contributed by atoms with Crippen molar-refractivity contribution >= 4 is 17.5 Å². The molecule has 0 aliphatic heterocycles. The molecule has 7 nitrogen and oxygen atoms in total. The Morgan fingerprint density at radius 2 is 1.49 bits per heavy atom. The normalized spacial score (nSPS) is 12.8. The van der Waals surface area contributed by atoms with Crippen LogP contribution >= 0.6 is 11.8 Å². The van der Waals surface area contributed by atoms with Gasteiger partial charge in [0, 0.05) is 23.9 Å². The molecule has 0 amide bonds. The number of Topliss-reactive ketones (excluding diaryl/α,β-unsaturated/α-hetero) is 1. The predicted octanol–water partition coefficient (Wildman–Crippen LogP) is 6.74. The van der Waals surface area contributed by atoms with E-state index in [1.165, 1.54) is 43.0 Å². The second-order valence-corrected chi connectivity index (χ2v) is 11.8. The summed E-state index contributed by atoms with van der Waals surface area (Å²) < 4.78 is 56.0. The Morgan fingerprint density at radius 1 is 0.844 bits per heavy atom. The predicted molar refractivity (Wildman–Crippen MR) is 162 cm³/mol. The van der Waals surface area contributed by atoms with Crippen LogP contribution < -0.4 is 5.56 Å². The van der Waals surface area contributed by atoms with Crippen molar-refractivity contribution < 1.29 is 22.4 Å². The number of alkyl halides is 3. The average Bonchev–Trinajstić information content (AvgIpc) is 3.67. The number of thioether (sulfide) groups is 1. The maximum Gasteiger partial charge on any atom is 0.416 e. The van der Waals surface area contributed by atoms with Gasteiger partial charge in [-0.1, -0.05) is 60.3 Å². The fourth-order valence-electron chi connectivity index (χ4n) is 5.45. The molecule has 230 valence electrons. The first kappa shape index (κ1) is 30.4. The first-order valence-electron chi connectivity index (χ1n) is 14.3. The maximum atomic E-state index is 13.4. The van der Waals surface area contributed by atoms with Gasteiger partial charge in [0.2, 0.25) is 0 Å². The van der Waals surface area contributed by atoms with Crippen LogP contribution in [0.15, 0.2) is 82.7 Å². The highest BCUT2D eigenvalue weighted by Gasteiger charge is 2.30. The third kappa shape index (κ3) is 6.60. The second kappa shape index (κ2) is 12.4. The minimum absolute atomic E-state index is 0.183. The lowest BCUT2D eigenvalue weighted by Crippen LogP contribution is -2.23. The highest BCUT2D eigenvalue weighted by atomic mass is 32.2. The Hall–Kier alpha value is -4.58. The van der Waals surface area contributed by atoms with Gasteiger partial charge >= 0.3 is 6.18 Å². The minimum atomic E-state index is -4.40. The molecule has 0 N–H and O–H groups in total. The number of hydrogen-bond acceptors (Lipinski definition) is 6. The molecule has 2 aromatic heterocycles. The highest BCUT2D eigenvalue weighted by Crippen LogP contribution is 2.31. The van der Waals surface area contributed by atoms with Gasteiger partial charge in [0.15, 0.2) is 22.6 Å². The van der Waals surface area contributed by atoms with Crippen LogP contribution in [-0.4, -0.2) is 30.1 Å². The molecule has 5 aromatic rings. The number of nitrogens with zero attached hydrogens (tertiary/aromatic N) is 5. The second-order valence-electron chi connectivity index (χ2n) is 10.8. The van der Waals surface area contributed by atoms with Crippen molar-refractivity contribution in [1.82, 2.24) is 24.3 Å². The Bertz CT molecular complexity index is 1920. The molecule has 12 heteroatoms. The van der Waals surface area contributed by atoms with Crippen molar-refractivity contribution in [3.05, 3.63) is 129 Å². The molecule has 2 heterocycles. The van der Waals surface area contributed by atoms with E-state index in [4.69, 9.17) is 0 Å². The van der Waals surface area contributed by atoms with Crippen molar-refractivity contribution in [2.24, 2.45) is 0 Å². The van der Waals surface area contributed by atoms with Gasteiger partial charge in [-0.15, -0.1) is 10.2 Å². The van der Waals surface area contributed by atoms with Crippen molar-refractivity contribution in [3.63, 3.8) is 0 Å². The maximum absolute atomic E-state index is 13.4. The molecule has 0 saturated carbocycles. The molecule has 0 fully saturated rings. The molecule has 1 aliphatic carbocycles. The zero-order valence-corrected chi connectivity index (χ0v) is 25.0. The van der Waals surface area contributed by atoms with Gasteiger partial charge in [-0.3, -0.25) is 9.59 Å². The largest absolute Gasteiger partial charge is 0.416 e. The smallest absolute Gasteiger partial charge is 0.316 e. The van der Waals surface area contributed by atoms with Crippen LogP contribution in [0.3, 0.4) is 0 Å². The van der Waals surface area contributed by atoms with E-state index >= 15 is 0 Å². The van der Waals surface area contributed by atoms with E-state index in [1.54, 1.807) is 16.7 Å². The zero-order valence-electron chi connectivity index (χ0n) is 24.1. The van der Waals surface area contributed by atoms with Gasteiger partial charge < -0.3 is 9.13 Å². The number of halogens is 4. The molecule has 0 spiro atoms. The quantitative estimate of drug-likeness (QED) is 0.0774. The van der Waals surface area contributed by atoms with Gasteiger partial charge in [-0.25, -0.2) is 4.39 Å². The van der Waals surface area contributed by atoms with Crippen LogP contribution in [-0.2, 0) is 37.9 Å². The van der Waals surface area contributed by atoms with Gasteiger partial charge in [-0.05, 0) is 65.8 Å². The van der Waals surface area contributed by atoms with Crippen molar-refractivity contribution in [1.29, 1.82) is 0 Å². The van der Waals surface area contributed by atoms with Gasteiger partial charge in [0.1, 0.15) is 5.82 Å². The Balaban J connectivity index is 1.29. The average molecular weight is 634 g/mol. The van der Waals surface area contributed by atoms with Gasteiger partial charge in [0.05, 0.1) is 18.7 Å². The lowest BCUT2D eigenvalue weighted by atomic mass is 10.0. The van der Waals surface area contributed by atoms with Gasteiger partial charge in [0.25, 0.3) is 5.56 Å². The standard InChI is InChI=1S/C33H27F4N5O2S/c1-20(43)30-40-39-29(42(30)17-21-5-9-23(10-6-21)24-11-13-25(14-12-24)33(35,36)37)18-41-28-4-2-3-27(28)31(44)38-32(41)45-19-22-7-15-26(34)16-8-22/h5-16H,2-4,17-19H2,1H3. The molecular weight excluding hydrogens is 606 g/mol. The van der Waals surface area contributed by atoms with Crippen LogP contribution in [0.2, 0.25) is 0 Å². The summed E-state index contributed by atoms with van der Waals surface area (Å²) in [5, 5.41) is 9.04. The summed E-state index contributed by atoms with van der Waals surface area (Å²) in [6.07, 6.45) is -2.23. The molecule has 3 aromatic carbocycles. The van der Waals surface area contributed by atoms with E-state index in [1.807, 2.05) is 28.8 Å². The summed E-state index contributed by atoms with van der Waals surface area (Å²) in [5.41, 5.74) is 3.72. The van der Waals surface area contributed by atoms with Crippen LogP contribution in [0.4, 0.5) is 17.6 Å². The van der Waals surface area contributed by atoms with E-state index in [2.05, 4.69) is 15.2 Å². The molecule has 0 radical (unpaired) electrons. The van der Waals surface area contributed by atoms with Crippen LogP contribution in [0, 0.1) is 5.82 Å². The van der Waals surface area contributed by atoms with E-state index in [-0.39, 0.29) is 36.1 Å². The summed E-state index contributed by atoms with van der Waals surface area (Å²) in [5.74, 6) is 0.580. The molecule has 0 unspecified atom stereocenters. The number of benzene rings is 3. The van der Waals surface area contributed by atoms with E-state index in [0.717, 1.165) is 40.9 Å². The third-order valence-electron chi connectivity index (χ3n) is 7.76. The first-order chi connectivity index (χ1) is 21.6. The summed E-state index contributed by atoms with van der Waals surface area (Å²) in [4.78, 5) is 29.8. The fourth-order valence-corrected chi connectivity index (χ4v) is 6.41. The number of hydrogen-bond donors (Lipinski definition) is 0. The molecule has 6 rings (SSSR count). The topological polar surface area (TPSA) is 82.7 Å². The molecule has 45 heavy (non-hydrogen) atoms. The Morgan fingerprint density at radius 3 is 2.13 bits per heavy atom. The Kier molecular flexibility index (Phi) is 8.41. The first-order valence-corrected chi connectivity index (χ1v) is 15.2. The molecular formula is C33H27F4N5O2S. The molecule has 0 bridgehead atoms. The summed E-state index contributed by atoms with van der Waals surface area (Å²) in [6, 6.07) is 18.5. The number of aromatic nitrogens is 5. The summed E-state index contributed by atoms with van der Waals surface area (Å²) in [7, 11) is 0. The number of carbonyl (C=O) groups excluding carboxylic acids is 1. The lowest BCUT2D eigenvalue weighted by Gasteiger charge is -2.18. The zero-order chi connectivity index (χ0) is 31.7. The minimum Gasteiger partial charge on any atom is -0.316 e. The van der Waals surface area contributed by atoms with Crippen LogP contribution in [0.1, 0.15) is 57.7 Å². The van der Waals surface area contributed by atoms with Crippen molar-refractivity contribution in [3.8, 4) is 11.1 Å². The summed E-state index contributed by atoms with van der Waals surface area (Å²) >= 11 is 1.37. The van der Waals surface area contributed by atoms with E-state index < -0.39 is 11.7 Å². The number of carbonyl (C=O) groups is 1. The van der Waals surface area contributed by atoms with Crippen LogP contribution in [0.25, 0.3) is 11.1 Å². The van der Waals surface area contributed by atoms with Gasteiger partial charge in [-0.2, -0.15) is 18.2 Å². The third-order valence-corrected chi connectivity index (χ3v) is 8.81. The van der Waals surface area contributed by atoms with Crippen LogP contribution in [0.5, 0.6) is 0 Å². The lowest BCUT2D eigenvalue weighted by molar-refractivity contribution is -0.137. The Labute approximate surface area is 260 Å².